The van der Waals surface area contributed by atoms with E-state index < -0.39 is 48.0 Å². The third-order valence-electron chi connectivity index (χ3n) is 2.36. The second kappa shape index (κ2) is 13.4. The standard InChI is InChI=1S/C7H10O6.C7H8O5/c8-4(1-2-6(10)11)3-5(9)7(12)13;8-5(7(11)12)3-1-2-4-6(9)10/h4,8H,1-3H2,(H,10,11)(H,12,13);1,3H,2,4H2,(H,9,10)(H,11,12). The number of aliphatic carboxylic acids is 4. The number of rotatable bonds is 11. The second-order valence-corrected chi connectivity index (χ2v) is 4.52. The smallest absolute Gasteiger partial charge is 0.376 e. The fraction of sp³-hybridized carbons (Fsp3) is 0.429. The van der Waals surface area contributed by atoms with Crippen molar-refractivity contribution < 1.29 is 54.3 Å². The van der Waals surface area contributed by atoms with Crippen molar-refractivity contribution >= 4 is 35.4 Å². The molecular formula is C14H18O11. The first-order chi connectivity index (χ1) is 11.5. The van der Waals surface area contributed by atoms with E-state index in [9.17, 15) is 28.8 Å². The zero-order chi connectivity index (χ0) is 20.0. The van der Waals surface area contributed by atoms with E-state index >= 15 is 0 Å². The van der Waals surface area contributed by atoms with Crippen LogP contribution in [0, 0.1) is 0 Å². The molecule has 0 aromatic heterocycles. The first-order valence-corrected chi connectivity index (χ1v) is 6.78. The maximum atomic E-state index is 10.5. The van der Waals surface area contributed by atoms with Gasteiger partial charge in [-0.05, 0) is 18.9 Å². The summed E-state index contributed by atoms with van der Waals surface area (Å²) in [6.45, 7) is 0. The van der Waals surface area contributed by atoms with Crippen LogP contribution >= 0.6 is 0 Å². The van der Waals surface area contributed by atoms with E-state index in [1.807, 2.05) is 0 Å². The van der Waals surface area contributed by atoms with Gasteiger partial charge in [-0.25, -0.2) is 9.59 Å². The Labute approximate surface area is 141 Å². The molecule has 11 heteroatoms. The molecule has 0 spiro atoms. The van der Waals surface area contributed by atoms with E-state index in [1.54, 1.807) is 0 Å². The van der Waals surface area contributed by atoms with E-state index in [2.05, 4.69) is 0 Å². The third kappa shape index (κ3) is 17.1. The lowest BCUT2D eigenvalue weighted by molar-refractivity contribution is -0.150. The molecule has 0 heterocycles. The van der Waals surface area contributed by atoms with Crippen LogP contribution in [0.5, 0.6) is 0 Å². The number of carboxylic acids is 4. The first kappa shape index (κ1) is 24.2. The van der Waals surface area contributed by atoms with E-state index in [-0.39, 0.29) is 25.7 Å². The average Bonchev–Trinajstić information content (AvgIpc) is 2.49. The van der Waals surface area contributed by atoms with Gasteiger partial charge < -0.3 is 25.5 Å². The number of carbonyl (C=O) groups excluding carboxylic acids is 2. The Kier molecular flexibility index (Phi) is 12.9. The van der Waals surface area contributed by atoms with Gasteiger partial charge in [0, 0.05) is 19.3 Å². The highest BCUT2D eigenvalue weighted by molar-refractivity contribution is 6.37. The molecule has 0 aliphatic carbocycles. The van der Waals surface area contributed by atoms with Crippen molar-refractivity contribution in [1.82, 2.24) is 0 Å². The van der Waals surface area contributed by atoms with Gasteiger partial charge in [0.1, 0.15) is 0 Å². The molecule has 140 valence electrons. The van der Waals surface area contributed by atoms with E-state index in [1.165, 1.54) is 6.08 Å². The van der Waals surface area contributed by atoms with E-state index in [0.29, 0.717) is 0 Å². The molecule has 0 amide bonds. The molecule has 0 aromatic rings. The summed E-state index contributed by atoms with van der Waals surface area (Å²) in [5.41, 5.74) is 0. The van der Waals surface area contributed by atoms with Gasteiger partial charge in [0.2, 0.25) is 5.78 Å². The van der Waals surface area contributed by atoms with Crippen molar-refractivity contribution in [3.05, 3.63) is 12.2 Å². The highest BCUT2D eigenvalue weighted by Crippen LogP contribution is 2.02. The van der Waals surface area contributed by atoms with Gasteiger partial charge >= 0.3 is 23.9 Å². The normalized spacial score (nSPS) is 11.1. The van der Waals surface area contributed by atoms with Crippen LogP contribution in [0.3, 0.4) is 0 Å². The van der Waals surface area contributed by atoms with Crippen molar-refractivity contribution in [3.63, 3.8) is 0 Å². The number of ketones is 2. The molecule has 0 aliphatic rings. The van der Waals surface area contributed by atoms with Crippen LogP contribution in [-0.4, -0.2) is 67.1 Å². The molecule has 1 unspecified atom stereocenters. The number of Topliss-reactive ketones (excluding diaryl/α,β-unsaturated/α-hetero) is 1. The number of aliphatic hydroxyl groups is 1. The van der Waals surface area contributed by atoms with E-state index in [4.69, 9.17) is 25.5 Å². The summed E-state index contributed by atoms with van der Waals surface area (Å²) in [5.74, 6) is -7.39. The van der Waals surface area contributed by atoms with Gasteiger partial charge in [-0.1, -0.05) is 6.08 Å². The Morgan fingerprint density at radius 1 is 0.800 bits per heavy atom. The lowest BCUT2D eigenvalue weighted by atomic mass is 10.1. The number of hydrogen-bond donors (Lipinski definition) is 5. The van der Waals surface area contributed by atoms with Gasteiger partial charge in [-0.3, -0.25) is 19.2 Å². The quantitative estimate of drug-likeness (QED) is 0.230. The first-order valence-electron chi connectivity index (χ1n) is 6.78. The monoisotopic (exact) mass is 362 g/mol. The van der Waals surface area contributed by atoms with Crippen LogP contribution in [-0.2, 0) is 28.8 Å². The number of aliphatic hydroxyl groups excluding tert-OH is 1. The molecule has 0 saturated carbocycles. The second-order valence-electron chi connectivity index (χ2n) is 4.52. The number of carbonyl (C=O) groups is 6. The largest absolute Gasteiger partial charge is 0.481 e. The topological polar surface area (TPSA) is 204 Å². The van der Waals surface area contributed by atoms with Crippen molar-refractivity contribution in [1.29, 1.82) is 0 Å². The lowest BCUT2D eigenvalue weighted by Crippen LogP contribution is -2.20. The minimum atomic E-state index is -1.62. The van der Waals surface area contributed by atoms with Gasteiger partial charge in [-0.15, -0.1) is 0 Å². The molecule has 0 bridgehead atoms. The summed E-state index contributed by atoms with van der Waals surface area (Å²) in [6, 6.07) is 0. The maximum Gasteiger partial charge on any atom is 0.376 e. The van der Waals surface area contributed by atoms with Gasteiger partial charge in [0.05, 0.1) is 6.10 Å². The molecule has 0 aromatic carbocycles. The fourth-order valence-electron chi connectivity index (χ4n) is 1.16. The van der Waals surface area contributed by atoms with Crippen molar-refractivity contribution in [2.45, 2.75) is 38.2 Å². The van der Waals surface area contributed by atoms with Gasteiger partial charge in [0.15, 0.2) is 0 Å². The number of carboxylic acid groups (broad SMARTS) is 4. The molecule has 0 saturated heterocycles. The number of allylic oxidation sites excluding steroid dienone is 1. The molecule has 11 nitrogen and oxygen atoms in total. The number of hydrogen-bond acceptors (Lipinski definition) is 7. The van der Waals surface area contributed by atoms with Crippen LogP contribution in [0.15, 0.2) is 12.2 Å². The fourth-order valence-corrected chi connectivity index (χ4v) is 1.16. The summed E-state index contributed by atoms with van der Waals surface area (Å²) in [5, 5.41) is 41.5. The zero-order valence-corrected chi connectivity index (χ0v) is 13.0. The predicted octanol–water partition coefficient (Wildman–Crippen LogP) is -0.683. The summed E-state index contributed by atoms with van der Waals surface area (Å²) in [7, 11) is 0. The SMILES string of the molecule is O=C(O)CCC(O)CC(=O)C(=O)O.O=C(O)CCC=CC(=O)C(=O)O. The molecule has 1 atom stereocenters. The highest BCUT2D eigenvalue weighted by Gasteiger charge is 2.17. The van der Waals surface area contributed by atoms with Crippen LogP contribution in [0.2, 0.25) is 0 Å². The molecule has 0 fully saturated rings. The van der Waals surface area contributed by atoms with Gasteiger partial charge in [-0.2, -0.15) is 0 Å². The van der Waals surface area contributed by atoms with Crippen molar-refractivity contribution in [2.24, 2.45) is 0 Å². The molecule has 5 N–H and O–H groups in total. The molecule has 0 radical (unpaired) electrons. The molecule has 0 aliphatic heterocycles. The summed E-state index contributed by atoms with van der Waals surface area (Å²) in [4.78, 5) is 60.7. The summed E-state index contributed by atoms with van der Waals surface area (Å²) >= 11 is 0. The minimum Gasteiger partial charge on any atom is -0.481 e. The molecule has 0 rings (SSSR count). The molecular weight excluding hydrogens is 344 g/mol. The third-order valence-corrected chi connectivity index (χ3v) is 2.36. The molecule has 25 heavy (non-hydrogen) atoms. The van der Waals surface area contributed by atoms with Crippen molar-refractivity contribution in [2.75, 3.05) is 0 Å². The average molecular weight is 362 g/mol. The zero-order valence-electron chi connectivity index (χ0n) is 13.0. The summed E-state index contributed by atoms with van der Waals surface area (Å²) < 4.78 is 0. The van der Waals surface area contributed by atoms with E-state index in [0.717, 1.165) is 6.08 Å². The lowest BCUT2D eigenvalue weighted by Gasteiger charge is -2.05. The Morgan fingerprint density at radius 3 is 1.72 bits per heavy atom. The summed E-state index contributed by atoms with van der Waals surface area (Å²) in [6.07, 6.45) is -0.00164. The van der Waals surface area contributed by atoms with Crippen LogP contribution in [0.25, 0.3) is 0 Å². The maximum absolute atomic E-state index is 10.5. The van der Waals surface area contributed by atoms with Crippen LogP contribution in [0.1, 0.15) is 32.1 Å². The van der Waals surface area contributed by atoms with Crippen molar-refractivity contribution in [3.8, 4) is 0 Å². The van der Waals surface area contributed by atoms with Gasteiger partial charge in [0.25, 0.3) is 5.78 Å². The Hall–Kier alpha value is -3.08. The Bertz CT molecular complexity index is 547. The highest BCUT2D eigenvalue weighted by atomic mass is 16.4. The Morgan fingerprint density at radius 2 is 1.32 bits per heavy atom. The Balaban J connectivity index is 0. The minimum absolute atomic E-state index is 0.108. The van der Waals surface area contributed by atoms with Crippen LogP contribution in [0.4, 0.5) is 0 Å². The predicted molar refractivity (Wildman–Crippen MR) is 78.8 cm³/mol. The van der Waals surface area contributed by atoms with Crippen LogP contribution < -0.4 is 0 Å².